The van der Waals surface area contributed by atoms with Crippen LogP contribution in [0.1, 0.15) is 12.8 Å². The summed E-state index contributed by atoms with van der Waals surface area (Å²) in [6.07, 6.45) is 3.11. The second-order valence-corrected chi connectivity index (χ2v) is 8.81. The van der Waals surface area contributed by atoms with E-state index in [0.29, 0.717) is 29.0 Å². The van der Waals surface area contributed by atoms with Crippen molar-refractivity contribution in [1.29, 1.82) is 0 Å². The zero-order valence-electron chi connectivity index (χ0n) is 13.9. The Kier molecular flexibility index (Phi) is 5.49. The highest BCUT2D eigenvalue weighted by molar-refractivity contribution is 7.91. The first-order valence-electron chi connectivity index (χ1n) is 8.10. The van der Waals surface area contributed by atoms with Gasteiger partial charge in [-0.25, -0.2) is 13.4 Å². The maximum absolute atomic E-state index is 11.5. The minimum Gasteiger partial charge on any atom is -0.494 e. The van der Waals surface area contributed by atoms with E-state index in [-0.39, 0.29) is 11.7 Å². The van der Waals surface area contributed by atoms with Crippen molar-refractivity contribution in [3.05, 3.63) is 41.6 Å². The van der Waals surface area contributed by atoms with Crippen LogP contribution in [0.25, 0.3) is 11.1 Å². The van der Waals surface area contributed by atoms with E-state index in [1.54, 1.807) is 19.4 Å². The lowest BCUT2D eigenvalue weighted by molar-refractivity contribution is 0.285. The third-order valence-electron chi connectivity index (χ3n) is 4.27. The molecule has 7 heteroatoms. The van der Waals surface area contributed by atoms with E-state index >= 15 is 0 Å². The van der Waals surface area contributed by atoms with Crippen LogP contribution < -0.4 is 9.47 Å². The fourth-order valence-electron chi connectivity index (χ4n) is 3.02. The minimum absolute atomic E-state index is 0.182. The fraction of sp³-hybridized carbons (Fsp3) is 0.389. The van der Waals surface area contributed by atoms with E-state index in [0.717, 1.165) is 24.0 Å². The molecule has 1 fully saturated rings. The number of hydrogen-bond acceptors (Lipinski definition) is 5. The normalized spacial score (nSPS) is 18.9. The van der Waals surface area contributed by atoms with Gasteiger partial charge in [0.05, 0.1) is 25.2 Å². The fourth-order valence-corrected chi connectivity index (χ4v) is 5.15. The minimum atomic E-state index is -2.85. The number of methoxy groups -OCH3 is 1. The zero-order valence-corrected chi connectivity index (χ0v) is 15.5. The number of benzene rings is 1. The predicted molar refractivity (Wildman–Crippen MR) is 98.1 cm³/mol. The molecule has 0 saturated carbocycles. The highest BCUT2D eigenvalue weighted by Crippen LogP contribution is 2.33. The summed E-state index contributed by atoms with van der Waals surface area (Å²) in [4.78, 5) is 4.20. The van der Waals surface area contributed by atoms with Crippen LogP contribution in [0.5, 0.6) is 11.6 Å². The van der Waals surface area contributed by atoms with Crippen LogP contribution in [0.2, 0.25) is 5.02 Å². The summed E-state index contributed by atoms with van der Waals surface area (Å²) in [6.45, 7) is 0.462. The number of pyridine rings is 1. The first-order chi connectivity index (χ1) is 12.0. The number of halogens is 1. The molecule has 1 aromatic heterocycles. The Balaban J connectivity index is 1.70. The van der Waals surface area contributed by atoms with Crippen LogP contribution >= 0.6 is 11.6 Å². The van der Waals surface area contributed by atoms with Gasteiger partial charge >= 0.3 is 0 Å². The second kappa shape index (κ2) is 7.62. The summed E-state index contributed by atoms with van der Waals surface area (Å²) in [5.74, 6) is 1.91. The summed E-state index contributed by atoms with van der Waals surface area (Å²) in [5, 5.41) is 0.557. The molecule has 1 aromatic carbocycles. The lowest BCUT2D eigenvalue weighted by Gasteiger charge is -2.12. The maximum atomic E-state index is 11.5. The van der Waals surface area contributed by atoms with Gasteiger partial charge in [-0.2, -0.15) is 0 Å². The van der Waals surface area contributed by atoms with Crippen molar-refractivity contribution in [1.82, 2.24) is 4.98 Å². The van der Waals surface area contributed by atoms with Gasteiger partial charge in [0, 0.05) is 16.8 Å². The number of nitrogens with zero attached hydrogens (tertiary/aromatic N) is 1. The maximum Gasteiger partial charge on any atom is 0.221 e. The van der Waals surface area contributed by atoms with E-state index in [4.69, 9.17) is 21.1 Å². The number of ether oxygens (including phenoxy) is 2. The first kappa shape index (κ1) is 18.0. The predicted octanol–water partition coefficient (Wildman–Crippen LogP) is 3.61. The molecule has 1 unspecified atom stereocenters. The molecule has 1 aliphatic heterocycles. The van der Waals surface area contributed by atoms with Gasteiger partial charge < -0.3 is 9.47 Å². The van der Waals surface area contributed by atoms with E-state index in [1.807, 2.05) is 24.3 Å². The van der Waals surface area contributed by atoms with Crippen molar-refractivity contribution in [3.8, 4) is 22.8 Å². The van der Waals surface area contributed by atoms with E-state index in [9.17, 15) is 8.42 Å². The van der Waals surface area contributed by atoms with Crippen molar-refractivity contribution >= 4 is 21.4 Å². The summed E-state index contributed by atoms with van der Waals surface area (Å²) in [5.41, 5.74) is 1.69. The molecule has 0 radical (unpaired) electrons. The smallest absolute Gasteiger partial charge is 0.221 e. The molecule has 3 rings (SSSR count). The summed E-state index contributed by atoms with van der Waals surface area (Å²) < 4.78 is 34.1. The Morgan fingerprint density at radius 1 is 1.32 bits per heavy atom. The topological polar surface area (TPSA) is 65.5 Å². The van der Waals surface area contributed by atoms with Gasteiger partial charge in [0.25, 0.3) is 0 Å². The molecule has 0 bridgehead atoms. The molecule has 134 valence electrons. The van der Waals surface area contributed by atoms with Crippen molar-refractivity contribution in [2.45, 2.75) is 12.8 Å². The monoisotopic (exact) mass is 381 g/mol. The van der Waals surface area contributed by atoms with Gasteiger partial charge in [0.1, 0.15) is 5.75 Å². The van der Waals surface area contributed by atoms with Gasteiger partial charge in [-0.3, -0.25) is 0 Å². The molecule has 2 aromatic rings. The third kappa shape index (κ3) is 4.64. The van der Waals surface area contributed by atoms with Crippen LogP contribution in [-0.2, 0) is 9.84 Å². The van der Waals surface area contributed by atoms with Gasteiger partial charge in [-0.05, 0) is 54.7 Å². The van der Waals surface area contributed by atoms with Gasteiger partial charge in [-0.15, -0.1) is 0 Å². The molecular formula is C18H20ClNO4S. The van der Waals surface area contributed by atoms with Crippen molar-refractivity contribution < 1.29 is 17.9 Å². The quantitative estimate of drug-likeness (QED) is 0.764. The summed E-state index contributed by atoms with van der Waals surface area (Å²) in [6, 6.07) is 9.21. The van der Waals surface area contributed by atoms with Crippen molar-refractivity contribution in [2.24, 2.45) is 5.92 Å². The number of hydrogen-bond donors (Lipinski definition) is 0. The van der Waals surface area contributed by atoms with E-state index in [2.05, 4.69) is 4.98 Å². The molecule has 1 saturated heterocycles. The lowest BCUT2D eigenvalue weighted by Crippen LogP contribution is -2.09. The van der Waals surface area contributed by atoms with Crippen LogP contribution in [0, 0.1) is 5.92 Å². The molecule has 2 heterocycles. The van der Waals surface area contributed by atoms with Gasteiger partial charge in [0.15, 0.2) is 9.84 Å². The lowest BCUT2D eigenvalue weighted by atomic mass is 10.1. The number of sulfone groups is 1. The second-order valence-electron chi connectivity index (χ2n) is 6.14. The van der Waals surface area contributed by atoms with Crippen LogP contribution in [0.15, 0.2) is 36.5 Å². The van der Waals surface area contributed by atoms with E-state index in [1.165, 1.54) is 0 Å². The average Bonchev–Trinajstić information content (AvgIpc) is 2.93. The Labute approximate surface area is 152 Å². The number of rotatable bonds is 6. The molecule has 0 amide bonds. The Hall–Kier alpha value is -1.79. The molecule has 1 atom stereocenters. The third-order valence-corrected chi connectivity index (χ3v) is 6.32. The molecule has 0 spiro atoms. The van der Waals surface area contributed by atoms with Crippen LogP contribution in [0.4, 0.5) is 0 Å². The molecule has 0 aliphatic carbocycles. The van der Waals surface area contributed by atoms with Crippen LogP contribution in [0.3, 0.4) is 0 Å². The highest BCUT2D eigenvalue weighted by Gasteiger charge is 2.27. The molecular weight excluding hydrogens is 362 g/mol. The van der Waals surface area contributed by atoms with Crippen molar-refractivity contribution in [3.63, 3.8) is 0 Å². The molecule has 0 N–H and O–H groups in total. The molecule has 1 aliphatic rings. The zero-order chi connectivity index (χ0) is 17.9. The van der Waals surface area contributed by atoms with Crippen LogP contribution in [-0.4, -0.2) is 38.6 Å². The van der Waals surface area contributed by atoms with Gasteiger partial charge in [0.2, 0.25) is 5.88 Å². The first-order valence-corrected chi connectivity index (χ1v) is 10.3. The highest BCUT2D eigenvalue weighted by atomic mass is 35.5. The molecule has 25 heavy (non-hydrogen) atoms. The average molecular weight is 382 g/mol. The largest absolute Gasteiger partial charge is 0.494 e. The van der Waals surface area contributed by atoms with Gasteiger partial charge in [-0.1, -0.05) is 11.6 Å². The Morgan fingerprint density at radius 2 is 2.16 bits per heavy atom. The van der Waals surface area contributed by atoms with Crippen molar-refractivity contribution in [2.75, 3.05) is 25.2 Å². The SMILES string of the molecule is COc1ncccc1-c1cc(Cl)cc(OCCC2CCS(=O)(=O)C2)c1. The molecule has 5 nitrogen and oxygen atoms in total. The number of aromatic nitrogens is 1. The van der Waals surface area contributed by atoms with E-state index < -0.39 is 9.84 Å². The Bertz CT molecular complexity index is 854. The Morgan fingerprint density at radius 3 is 2.88 bits per heavy atom. The standard InChI is InChI=1S/C18H20ClNO4S/c1-23-18-17(3-2-6-20-18)14-9-15(19)11-16(10-14)24-7-4-13-5-8-25(21,22)12-13/h2-3,6,9-11,13H,4-5,7-8,12H2,1H3. The summed E-state index contributed by atoms with van der Waals surface area (Å²) >= 11 is 6.22. The summed E-state index contributed by atoms with van der Waals surface area (Å²) in [7, 11) is -1.27.